The molecule has 0 radical (unpaired) electrons. The van der Waals surface area contributed by atoms with Gasteiger partial charge in [0.1, 0.15) is 17.3 Å². The van der Waals surface area contributed by atoms with Crippen LogP contribution in [-0.4, -0.2) is 20.6 Å². The molecule has 45 heavy (non-hydrogen) atoms. The summed E-state index contributed by atoms with van der Waals surface area (Å²) in [5, 5.41) is 10.3. The largest absolute Gasteiger partial charge is 0.478 e. The third-order valence-corrected chi connectivity index (χ3v) is 7.76. The number of anilines is 1. The van der Waals surface area contributed by atoms with Crippen molar-refractivity contribution in [2.75, 3.05) is 5.73 Å². The molecule has 8 heteroatoms. The van der Waals surface area contributed by atoms with Crippen molar-refractivity contribution in [3.8, 4) is 33.9 Å². The monoisotopic (exact) mass is 631 g/mol. The van der Waals surface area contributed by atoms with Crippen LogP contribution in [0.1, 0.15) is 27.3 Å². The first-order valence-corrected chi connectivity index (χ1v) is 14.8. The van der Waals surface area contributed by atoms with Gasteiger partial charge in [-0.3, -0.25) is 0 Å². The lowest BCUT2D eigenvalue weighted by Gasteiger charge is -2.08. The minimum absolute atomic E-state index is 0.240. The first-order valence-electron chi connectivity index (χ1n) is 14.1. The molecule has 0 aliphatic rings. The Morgan fingerprint density at radius 2 is 1.42 bits per heavy atom. The molecule has 0 saturated carbocycles. The molecule has 1 aromatic heterocycles. The summed E-state index contributed by atoms with van der Waals surface area (Å²) in [4.78, 5) is 16.2. The van der Waals surface area contributed by atoms with E-state index in [2.05, 4.69) is 24.3 Å². The average molecular weight is 633 g/mol. The summed E-state index contributed by atoms with van der Waals surface area (Å²) in [7, 11) is 0. The second-order valence-electron chi connectivity index (χ2n) is 10.4. The summed E-state index contributed by atoms with van der Waals surface area (Å²) in [6.07, 6.45) is 5.90. The van der Waals surface area contributed by atoms with Crippen LogP contribution in [0, 0.1) is 0 Å². The number of nitrogen functional groups attached to an aromatic ring is 1. The Labute approximate surface area is 270 Å². The van der Waals surface area contributed by atoms with Crippen molar-refractivity contribution in [2.45, 2.75) is 6.54 Å². The number of halogens is 2. The van der Waals surface area contributed by atoms with E-state index in [0.29, 0.717) is 28.0 Å². The van der Waals surface area contributed by atoms with Crippen LogP contribution in [0.3, 0.4) is 0 Å². The van der Waals surface area contributed by atoms with E-state index in [0.717, 1.165) is 45.1 Å². The lowest BCUT2D eigenvalue weighted by atomic mass is 10.0. The minimum Gasteiger partial charge on any atom is -0.478 e. The van der Waals surface area contributed by atoms with Gasteiger partial charge >= 0.3 is 5.97 Å². The van der Waals surface area contributed by atoms with Gasteiger partial charge in [0.25, 0.3) is 0 Å². The molecule has 0 fully saturated rings. The van der Waals surface area contributed by atoms with Gasteiger partial charge in [0.05, 0.1) is 16.3 Å². The molecule has 6 rings (SSSR count). The van der Waals surface area contributed by atoms with Gasteiger partial charge in [-0.2, -0.15) is 0 Å². The van der Waals surface area contributed by atoms with E-state index in [9.17, 15) is 9.90 Å². The molecule has 0 amide bonds. The highest BCUT2D eigenvalue weighted by atomic mass is 35.5. The number of nitrogens with zero attached hydrogens (tertiary/aromatic N) is 2. The van der Waals surface area contributed by atoms with Crippen molar-refractivity contribution in [1.82, 2.24) is 9.55 Å². The summed E-state index contributed by atoms with van der Waals surface area (Å²) < 4.78 is 7.92. The first-order chi connectivity index (χ1) is 21.8. The second kappa shape index (κ2) is 13.1. The molecule has 0 aliphatic heterocycles. The number of hydrogen-bond acceptors (Lipinski definition) is 4. The smallest absolute Gasteiger partial charge is 0.335 e. The van der Waals surface area contributed by atoms with Gasteiger partial charge in [0.15, 0.2) is 0 Å². The Morgan fingerprint density at radius 1 is 0.800 bits per heavy atom. The molecule has 5 aromatic carbocycles. The van der Waals surface area contributed by atoms with Crippen LogP contribution in [0.4, 0.5) is 5.69 Å². The Bertz CT molecular complexity index is 1980. The van der Waals surface area contributed by atoms with Crippen molar-refractivity contribution in [2.24, 2.45) is 0 Å². The van der Waals surface area contributed by atoms with E-state index < -0.39 is 5.97 Å². The topological polar surface area (TPSA) is 90.4 Å². The van der Waals surface area contributed by atoms with Crippen LogP contribution < -0.4 is 10.5 Å². The maximum Gasteiger partial charge on any atom is 0.335 e. The average Bonchev–Trinajstić information content (AvgIpc) is 3.44. The fraction of sp³-hybridized carbons (Fsp3) is 0.0270. The quantitative estimate of drug-likeness (QED) is 0.155. The van der Waals surface area contributed by atoms with Gasteiger partial charge in [-0.1, -0.05) is 77.8 Å². The zero-order valence-corrected chi connectivity index (χ0v) is 25.4. The third kappa shape index (κ3) is 7.27. The number of aromatic nitrogens is 2. The van der Waals surface area contributed by atoms with E-state index in [-0.39, 0.29) is 5.56 Å². The number of rotatable bonds is 9. The Hall–Kier alpha value is -5.30. The molecule has 0 aliphatic carbocycles. The highest BCUT2D eigenvalue weighted by Crippen LogP contribution is 2.31. The maximum absolute atomic E-state index is 11.3. The van der Waals surface area contributed by atoms with Crippen molar-refractivity contribution in [3.63, 3.8) is 0 Å². The van der Waals surface area contributed by atoms with Crippen molar-refractivity contribution in [1.29, 1.82) is 0 Å². The molecule has 0 saturated heterocycles. The molecule has 0 spiro atoms. The molecule has 0 atom stereocenters. The third-order valence-electron chi connectivity index (χ3n) is 7.21. The lowest BCUT2D eigenvalue weighted by molar-refractivity contribution is 0.0697. The normalized spacial score (nSPS) is 11.2. The molecule has 1 heterocycles. The van der Waals surface area contributed by atoms with Gasteiger partial charge < -0.3 is 20.1 Å². The molecule has 6 nitrogen and oxygen atoms in total. The maximum atomic E-state index is 11.3. The minimum atomic E-state index is -0.959. The van der Waals surface area contributed by atoms with Gasteiger partial charge in [0, 0.05) is 29.0 Å². The molecule has 0 bridgehead atoms. The molecular formula is C37H27Cl2N3O3. The number of hydrogen-bond donors (Lipinski definition) is 2. The number of nitrogens with two attached hydrogens (primary N) is 1. The molecular weight excluding hydrogens is 605 g/mol. The van der Waals surface area contributed by atoms with E-state index in [1.165, 1.54) is 0 Å². The number of imidazole rings is 1. The Kier molecular flexibility index (Phi) is 8.69. The fourth-order valence-electron chi connectivity index (χ4n) is 4.81. The summed E-state index contributed by atoms with van der Waals surface area (Å²) in [5.74, 6) is 1.24. The van der Waals surface area contributed by atoms with Gasteiger partial charge in [-0.25, -0.2) is 9.78 Å². The Morgan fingerprint density at radius 3 is 2.04 bits per heavy atom. The lowest BCUT2D eigenvalue weighted by Crippen LogP contribution is -2.02. The second-order valence-corrected chi connectivity index (χ2v) is 11.2. The number of carboxylic acids is 1. The van der Waals surface area contributed by atoms with Crippen LogP contribution in [0.15, 0.2) is 121 Å². The standard InChI is InChI=1S/C37H27Cl2N3O3/c38-29-12-19-33(34(39)21-29)35-23-42(22-25-3-8-28(9-4-25)37(43)44)36(41-35)20-5-24-1-6-26(7-2-24)27-10-15-31(16-11-27)45-32-17-13-30(40)14-18-32/h1-21,23H,22,40H2,(H,43,44)/b20-5+. The zero-order chi connectivity index (χ0) is 31.3. The first kappa shape index (κ1) is 29.8. The van der Waals surface area contributed by atoms with E-state index in [1.807, 2.05) is 77.5 Å². The summed E-state index contributed by atoms with van der Waals surface area (Å²) in [6.45, 7) is 0.495. The van der Waals surface area contributed by atoms with Crippen LogP contribution in [0.2, 0.25) is 10.0 Å². The number of ether oxygens (including phenoxy) is 1. The number of carboxylic acid groups (broad SMARTS) is 1. The highest BCUT2D eigenvalue weighted by molar-refractivity contribution is 6.36. The highest BCUT2D eigenvalue weighted by Gasteiger charge is 2.12. The Balaban J connectivity index is 1.22. The number of benzene rings is 5. The van der Waals surface area contributed by atoms with Crippen LogP contribution >= 0.6 is 23.2 Å². The molecule has 3 N–H and O–H groups in total. The van der Waals surface area contributed by atoms with Gasteiger partial charge in [-0.05, 0) is 95.1 Å². The summed E-state index contributed by atoms with van der Waals surface area (Å²) in [6, 6.07) is 35.6. The van der Waals surface area contributed by atoms with E-state index in [1.54, 1.807) is 36.4 Å². The van der Waals surface area contributed by atoms with Crippen molar-refractivity contribution in [3.05, 3.63) is 154 Å². The fourth-order valence-corrected chi connectivity index (χ4v) is 5.32. The van der Waals surface area contributed by atoms with E-state index in [4.69, 9.17) is 38.7 Å². The predicted octanol–water partition coefficient (Wildman–Crippen LogP) is 9.82. The zero-order valence-electron chi connectivity index (χ0n) is 23.9. The van der Waals surface area contributed by atoms with Crippen molar-refractivity contribution >= 4 is 47.0 Å². The van der Waals surface area contributed by atoms with Gasteiger partial charge in [-0.15, -0.1) is 0 Å². The van der Waals surface area contributed by atoms with E-state index >= 15 is 0 Å². The van der Waals surface area contributed by atoms with Gasteiger partial charge in [0.2, 0.25) is 0 Å². The number of aromatic carboxylic acids is 1. The van der Waals surface area contributed by atoms with Crippen molar-refractivity contribution < 1.29 is 14.6 Å². The predicted molar refractivity (Wildman–Crippen MR) is 182 cm³/mol. The number of carbonyl (C=O) groups is 1. The summed E-state index contributed by atoms with van der Waals surface area (Å²) in [5.41, 5.74) is 12.3. The molecule has 6 aromatic rings. The summed E-state index contributed by atoms with van der Waals surface area (Å²) >= 11 is 12.6. The SMILES string of the molecule is Nc1ccc(Oc2ccc(-c3ccc(/C=C/c4nc(-c5ccc(Cl)cc5Cl)cn4Cc4ccc(C(=O)O)cc4)cc3)cc2)cc1. The van der Waals surface area contributed by atoms with Crippen LogP contribution in [0.5, 0.6) is 11.5 Å². The molecule has 222 valence electrons. The van der Waals surface area contributed by atoms with Crippen LogP contribution in [0.25, 0.3) is 34.5 Å². The molecule has 0 unspecified atom stereocenters. The van der Waals surface area contributed by atoms with Crippen LogP contribution in [-0.2, 0) is 6.54 Å².